The lowest BCUT2D eigenvalue weighted by atomic mass is 10.1. The Hall–Kier alpha value is -2.41. The highest BCUT2D eigenvalue weighted by molar-refractivity contribution is 5.87. The van der Waals surface area contributed by atoms with Gasteiger partial charge in [-0.15, -0.1) is 0 Å². The van der Waals surface area contributed by atoms with Gasteiger partial charge in [-0.25, -0.2) is 9.97 Å². The fourth-order valence-electron chi connectivity index (χ4n) is 1.81. The molecule has 0 aliphatic heterocycles. The number of nitrogens with one attached hydrogen (secondary N) is 1. The van der Waals surface area contributed by atoms with Crippen LogP contribution in [0, 0.1) is 0 Å². The van der Waals surface area contributed by atoms with Crippen LogP contribution in [-0.2, 0) is 11.2 Å². The number of nitrogens with zero attached hydrogens (tertiary/aromatic N) is 2. The second kappa shape index (κ2) is 5.92. The molecule has 2 aromatic heterocycles. The summed E-state index contributed by atoms with van der Waals surface area (Å²) in [6, 6.07) is 0. The summed E-state index contributed by atoms with van der Waals surface area (Å²) in [6.07, 6.45) is 6.64. The number of ether oxygens (including phenoxy) is 1. The van der Waals surface area contributed by atoms with E-state index < -0.39 is 11.5 Å². The number of fused-ring (bicyclic) bond motifs is 1. The Morgan fingerprint density at radius 2 is 2.29 bits per heavy atom. The molecule has 0 spiro atoms. The van der Waals surface area contributed by atoms with E-state index in [4.69, 9.17) is 10.5 Å². The zero-order valence-electron chi connectivity index (χ0n) is 12.0. The van der Waals surface area contributed by atoms with Crippen LogP contribution in [0.5, 0.6) is 5.88 Å². The van der Waals surface area contributed by atoms with E-state index >= 15 is 0 Å². The summed E-state index contributed by atoms with van der Waals surface area (Å²) in [5.41, 5.74) is 5.62. The summed E-state index contributed by atoms with van der Waals surface area (Å²) in [5.74, 6) is -0.101. The Bertz CT molecular complexity index is 670. The van der Waals surface area contributed by atoms with Gasteiger partial charge in [0, 0.05) is 6.20 Å². The summed E-state index contributed by atoms with van der Waals surface area (Å²) in [6.45, 7) is 3.42. The molecule has 0 aliphatic carbocycles. The number of hydrogen-bond acceptors (Lipinski definition) is 5. The number of carbonyl (C=O) groups is 1. The Kier molecular flexibility index (Phi) is 4.23. The molecule has 2 heterocycles. The quantitative estimate of drug-likeness (QED) is 0.677. The largest absolute Gasteiger partial charge is 0.474 e. The Morgan fingerprint density at radius 1 is 1.52 bits per heavy atom. The highest BCUT2D eigenvalue weighted by Gasteiger charge is 2.17. The highest BCUT2D eigenvalue weighted by atomic mass is 16.5. The second-order valence-electron chi connectivity index (χ2n) is 5.33. The first-order chi connectivity index (χ1) is 9.87. The van der Waals surface area contributed by atoms with Gasteiger partial charge in [-0.05, 0) is 31.9 Å². The first-order valence-electron chi connectivity index (χ1n) is 6.49. The molecule has 0 unspecified atom stereocenters. The molecule has 4 N–H and O–H groups in total. The van der Waals surface area contributed by atoms with Gasteiger partial charge in [0.2, 0.25) is 11.8 Å². The molecule has 1 amide bonds. The van der Waals surface area contributed by atoms with Crippen molar-refractivity contribution in [2.24, 2.45) is 5.73 Å². The van der Waals surface area contributed by atoms with Crippen molar-refractivity contribution in [2.45, 2.75) is 25.9 Å². The summed E-state index contributed by atoms with van der Waals surface area (Å²) in [4.78, 5) is 22.0. The maximum atomic E-state index is 10.7. The van der Waals surface area contributed by atoms with Gasteiger partial charge in [0.1, 0.15) is 18.6 Å². The van der Waals surface area contributed by atoms with Gasteiger partial charge in [0.25, 0.3) is 0 Å². The van der Waals surface area contributed by atoms with Crippen molar-refractivity contribution in [1.82, 2.24) is 15.0 Å². The maximum Gasteiger partial charge on any atom is 0.241 e. The molecule has 0 atom stereocenters. The number of H-pyrrole nitrogens is 1. The van der Waals surface area contributed by atoms with Crippen molar-refractivity contribution in [2.75, 3.05) is 6.61 Å². The zero-order valence-corrected chi connectivity index (χ0v) is 12.0. The SMILES string of the molecule is CC(C)(O)COc1ncnc2[nH]cc(C/C=C/C(N)=O)c12. The average molecular weight is 290 g/mol. The van der Waals surface area contributed by atoms with E-state index in [1.165, 1.54) is 12.4 Å². The van der Waals surface area contributed by atoms with Gasteiger partial charge >= 0.3 is 0 Å². The topological polar surface area (TPSA) is 114 Å². The predicted octanol–water partition coefficient (Wildman–Crippen LogP) is 0.692. The van der Waals surface area contributed by atoms with Crippen LogP contribution in [0.4, 0.5) is 0 Å². The van der Waals surface area contributed by atoms with E-state index in [1.54, 1.807) is 26.1 Å². The number of nitrogens with two attached hydrogens (primary N) is 1. The summed E-state index contributed by atoms with van der Waals surface area (Å²) in [7, 11) is 0. The zero-order chi connectivity index (χ0) is 15.5. The molecule has 7 nitrogen and oxygen atoms in total. The van der Waals surface area contributed by atoms with Gasteiger partial charge in [-0.2, -0.15) is 0 Å². The summed E-state index contributed by atoms with van der Waals surface area (Å²) >= 11 is 0. The normalized spacial score (nSPS) is 12.1. The maximum absolute atomic E-state index is 10.7. The molecular formula is C14H18N4O3. The van der Waals surface area contributed by atoms with E-state index in [9.17, 15) is 9.90 Å². The van der Waals surface area contributed by atoms with Crippen molar-refractivity contribution >= 4 is 16.9 Å². The van der Waals surface area contributed by atoms with E-state index in [0.29, 0.717) is 17.9 Å². The first kappa shape index (κ1) is 15.0. The number of carbonyl (C=O) groups excluding carboxylic acids is 1. The number of hydrogen-bond donors (Lipinski definition) is 3. The molecule has 7 heteroatoms. The van der Waals surface area contributed by atoms with Crippen molar-refractivity contribution in [1.29, 1.82) is 0 Å². The fourth-order valence-corrected chi connectivity index (χ4v) is 1.81. The van der Waals surface area contributed by atoms with Crippen LogP contribution in [0.1, 0.15) is 19.4 Å². The Morgan fingerprint density at radius 3 is 2.95 bits per heavy atom. The van der Waals surface area contributed by atoms with Crippen molar-refractivity contribution < 1.29 is 14.6 Å². The minimum atomic E-state index is -0.959. The lowest BCUT2D eigenvalue weighted by molar-refractivity contribution is -0.113. The van der Waals surface area contributed by atoms with E-state index in [2.05, 4.69) is 15.0 Å². The molecule has 2 aromatic rings. The third-order valence-electron chi connectivity index (χ3n) is 2.70. The summed E-state index contributed by atoms with van der Waals surface area (Å²) < 4.78 is 5.57. The number of aliphatic hydroxyl groups is 1. The molecular weight excluding hydrogens is 272 g/mol. The van der Waals surface area contributed by atoms with Gasteiger partial charge in [0.15, 0.2) is 0 Å². The predicted molar refractivity (Wildman–Crippen MR) is 77.7 cm³/mol. The van der Waals surface area contributed by atoms with Crippen LogP contribution in [0.2, 0.25) is 0 Å². The van der Waals surface area contributed by atoms with E-state index in [1.807, 2.05) is 0 Å². The minimum absolute atomic E-state index is 0.112. The lowest BCUT2D eigenvalue weighted by Crippen LogP contribution is -2.28. The van der Waals surface area contributed by atoms with Crippen LogP contribution in [0.15, 0.2) is 24.7 Å². The van der Waals surface area contributed by atoms with Crippen LogP contribution in [0.25, 0.3) is 11.0 Å². The third-order valence-corrected chi connectivity index (χ3v) is 2.70. The molecule has 0 aliphatic rings. The molecule has 2 rings (SSSR count). The molecule has 0 bridgehead atoms. The Labute approximate surface area is 121 Å². The fraction of sp³-hybridized carbons (Fsp3) is 0.357. The lowest BCUT2D eigenvalue weighted by Gasteiger charge is -2.17. The monoisotopic (exact) mass is 290 g/mol. The third kappa shape index (κ3) is 4.03. The van der Waals surface area contributed by atoms with E-state index in [0.717, 1.165) is 10.9 Å². The second-order valence-corrected chi connectivity index (χ2v) is 5.33. The number of aromatic nitrogens is 3. The van der Waals surface area contributed by atoms with Crippen molar-refractivity contribution in [3.8, 4) is 5.88 Å². The highest BCUT2D eigenvalue weighted by Crippen LogP contribution is 2.26. The van der Waals surface area contributed by atoms with Gasteiger partial charge in [-0.3, -0.25) is 4.79 Å². The van der Waals surface area contributed by atoms with Gasteiger partial charge in [-0.1, -0.05) is 6.08 Å². The number of amides is 1. The first-order valence-corrected chi connectivity index (χ1v) is 6.49. The number of primary amides is 1. The standard InChI is InChI=1S/C14H18N4O3/c1-14(2,20)7-21-13-11-9(4-3-5-10(15)19)6-16-12(11)17-8-18-13/h3,5-6,8,20H,4,7H2,1-2H3,(H2,15,19)(H,16,17,18)/b5-3+. The van der Waals surface area contributed by atoms with Gasteiger partial charge in [0.05, 0.1) is 11.0 Å². The molecule has 0 aromatic carbocycles. The molecule has 112 valence electrons. The molecule has 0 radical (unpaired) electrons. The molecule has 0 fully saturated rings. The minimum Gasteiger partial charge on any atom is -0.474 e. The number of aromatic amines is 1. The van der Waals surface area contributed by atoms with Crippen molar-refractivity contribution in [3.05, 3.63) is 30.2 Å². The number of allylic oxidation sites excluding steroid dienone is 1. The summed E-state index contributed by atoms with van der Waals surface area (Å²) in [5, 5.41) is 10.5. The van der Waals surface area contributed by atoms with Crippen LogP contribution in [-0.4, -0.2) is 38.2 Å². The molecule has 0 saturated heterocycles. The van der Waals surface area contributed by atoms with Gasteiger partial charge < -0.3 is 20.6 Å². The van der Waals surface area contributed by atoms with Crippen molar-refractivity contribution in [3.63, 3.8) is 0 Å². The molecule has 0 saturated carbocycles. The van der Waals surface area contributed by atoms with Crippen LogP contribution >= 0.6 is 0 Å². The van der Waals surface area contributed by atoms with Crippen LogP contribution < -0.4 is 10.5 Å². The van der Waals surface area contributed by atoms with Crippen LogP contribution in [0.3, 0.4) is 0 Å². The Balaban J connectivity index is 2.28. The van der Waals surface area contributed by atoms with E-state index in [-0.39, 0.29) is 6.61 Å². The average Bonchev–Trinajstić information content (AvgIpc) is 2.79. The smallest absolute Gasteiger partial charge is 0.241 e. The molecule has 21 heavy (non-hydrogen) atoms. The number of rotatable bonds is 6.